The summed E-state index contributed by atoms with van der Waals surface area (Å²) < 4.78 is 51.2. The number of aryl methyl sites for hydroxylation is 1. The summed E-state index contributed by atoms with van der Waals surface area (Å²) in [7, 11) is 0. The van der Waals surface area contributed by atoms with Crippen molar-refractivity contribution in [3.05, 3.63) is 51.8 Å². The van der Waals surface area contributed by atoms with Crippen molar-refractivity contribution in [1.29, 1.82) is 0 Å². The van der Waals surface area contributed by atoms with Gasteiger partial charge in [0.15, 0.2) is 5.65 Å². The molecule has 0 fully saturated rings. The third-order valence-electron chi connectivity index (χ3n) is 4.99. The van der Waals surface area contributed by atoms with Gasteiger partial charge in [0.25, 0.3) is 5.89 Å². The van der Waals surface area contributed by atoms with Gasteiger partial charge in [-0.15, -0.1) is 0 Å². The Morgan fingerprint density at radius 3 is 2.50 bits per heavy atom. The Balaban J connectivity index is 1.63. The summed E-state index contributed by atoms with van der Waals surface area (Å²) >= 11 is 12.3. The predicted molar refractivity (Wildman–Crippen MR) is 117 cm³/mol. The van der Waals surface area contributed by atoms with Gasteiger partial charge in [-0.05, 0) is 30.7 Å². The number of aromatic nitrogens is 4. The molecule has 1 aromatic carbocycles. The van der Waals surface area contributed by atoms with Crippen molar-refractivity contribution in [2.75, 3.05) is 19.8 Å². The lowest BCUT2D eigenvalue weighted by Gasteiger charge is -2.15. The second-order valence-electron chi connectivity index (χ2n) is 7.49. The molecule has 3 aromatic heterocycles. The van der Waals surface area contributed by atoms with Gasteiger partial charge in [-0.3, -0.25) is 0 Å². The topological polar surface area (TPSA) is 106 Å². The SMILES string of the molecule is Cc1cc(OCC(CO)CO)c(Cl)cc1-c1noc(-c2cn3cc(C(F)(F)F)cc(Cl)c3n2)n1. The van der Waals surface area contributed by atoms with Crippen LogP contribution in [0.3, 0.4) is 0 Å². The minimum atomic E-state index is -4.57. The van der Waals surface area contributed by atoms with Gasteiger partial charge in [0.1, 0.15) is 11.4 Å². The van der Waals surface area contributed by atoms with Crippen LogP contribution in [0.1, 0.15) is 11.1 Å². The molecule has 13 heteroatoms. The molecule has 0 aliphatic carbocycles. The number of alkyl halides is 3. The van der Waals surface area contributed by atoms with E-state index in [1.807, 2.05) is 0 Å². The fraction of sp³-hybridized carbons (Fsp3) is 0.286. The molecule has 4 aromatic rings. The van der Waals surface area contributed by atoms with Crippen LogP contribution in [0.5, 0.6) is 5.75 Å². The van der Waals surface area contributed by atoms with E-state index < -0.39 is 17.7 Å². The Morgan fingerprint density at radius 2 is 1.82 bits per heavy atom. The fourth-order valence-electron chi connectivity index (χ4n) is 3.13. The van der Waals surface area contributed by atoms with Gasteiger partial charge >= 0.3 is 6.18 Å². The van der Waals surface area contributed by atoms with Crippen LogP contribution in [0.2, 0.25) is 10.0 Å². The molecule has 3 heterocycles. The number of fused-ring (bicyclic) bond motifs is 1. The number of pyridine rings is 1. The van der Waals surface area contributed by atoms with Crippen LogP contribution in [-0.2, 0) is 6.18 Å². The standard InChI is InChI=1S/C21H17Cl2F3N4O4/c1-10-2-17(33-9-11(7-31)8-32)14(22)4-13(10)18-28-20(34-29-18)16-6-30-5-12(21(24,25)26)3-15(23)19(30)27-16/h2-6,11,31-32H,7-9H2,1H3. The smallest absolute Gasteiger partial charge is 0.417 e. The van der Waals surface area contributed by atoms with Crippen molar-refractivity contribution >= 4 is 28.8 Å². The van der Waals surface area contributed by atoms with E-state index in [-0.39, 0.29) is 52.9 Å². The highest BCUT2D eigenvalue weighted by molar-refractivity contribution is 6.33. The molecule has 0 radical (unpaired) electrons. The van der Waals surface area contributed by atoms with Crippen LogP contribution in [0.15, 0.2) is 35.1 Å². The Morgan fingerprint density at radius 1 is 1.09 bits per heavy atom. The summed E-state index contributed by atoms with van der Waals surface area (Å²) in [6.07, 6.45) is -2.39. The molecule has 0 aliphatic heterocycles. The van der Waals surface area contributed by atoms with Crippen molar-refractivity contribution in [2.45, 2.75) is 13.1 Å². The molecule has 0 spiro atoms. The van der Waals surface area contributed by atoms with Gasteiger partial charge in [-0.25, -0.2) is 4.98 Å². The van der Waals surface area contributed by atoms with Crippen LogP contribution in [0.4, 0.5) is 13.2 Å². The highest BCUT2D eigenvalue weighted by atomic mass is 35.5. The van der Waals surface area contributed by atoms with Crippen molar-refractivity contribution in [1.82, 2.24) is 19.5 Å². The molecule has 8 nitrogen and oxygen atoms in total. The minimum absolute atomic E-state index is 0.0205. The molecule has 0 atom stereocenters. The summed E-state index contributed by atoms with van der Waals surface area (Å²) in [5.74, 6) is 0.0764. The summed E-state index contributed by atoms with van der Waals surface area (Å²) in [5, 5.41) is 22.3. The third-order valence-corrected chi connectivity index (χ3v) is 5.56. The van der Waals surface area contributed by atoms with E-state index in [1.165, 1.54) is 6.20 Å². The number of rotatable bonds is 7. The molecule has 34 heavy (non-hydrogen) atoms. The average molecular weight is 517 g/mol. The molecule has 0 saturated heterocycles. The number of imidazole rings is 1. The van der Waals surface area contributed by atoms with Gasteiger partial charge in [0.2, 0.25) is 5.82 Å². The zero-order valence-corrected chi connectivity index (χ0v) is 19.0. The second-order valence-corrected chi connectivity index (χ2v) is 8.31. The quantitative estimate of drug-likeness (QED) is 0.367. The Kier molecular flexibility index (Phi) is 6.72. The lowest BCUT2D eigenvalue weighted by Crippen LogP contribution is -2.19. The molecule has 0 unspecified atom stereocenters. The van der Waals surface area contributed by atoms with E-state index in [2.05, 4.69) is 15.1 Å². The molecule has 0 amide bonds. The third kappa shape index (κ3) is 4.83. The summed E-state index contributed by atoms with van der Waals surface area (Å²) in [5.41, 5.74) is 0.563. The van der Waals surface area contributed by atoms with Gasteiger partial charge < -0.3 is 23.9 Å². The largest absolute Gasteiger partial charge is 0.492 e. The second kappa shape index (κ2) is 9.41. The molecular weight excluding hydrogens is 500 g/mol. The van der Waals surface area contributed by atoms with E-state index in [9.17, 15) is 13.2 Å². The number of hydrogen-bond donors (Lipinski definition) is 2. The maximum Gasteiger partial charge on any atom is 0.417 e. The van der Waals surface area contributed by atoms with Gasteiger partial charge in [-0.1, -0.05) is 28.4 Å². The van der Waals surface area contributed by atoms with Crippen LogP contribution in [0.25, 0.3) is 28.6 Å². The first kappa shape index (κ1) is 24.3. The van der Waals surface area contributed by atoms with Crippen molar-refractivity contribution < 1.29 is 32.6 Å². The maximum atomic E-state index is 13.1. The first-order valence-corrected chi connectivity index (χ1v) is 10.6. The number of aliphatic hydroxyl groups excluding tert-OH is 2. The summed E-state index contributed by atoms with van der Waals surface area (Å²) in [6.45, 7) is 1.38. The van der Waals surface area contributed by atoms with Gasteiger partial charge in [0, 0.05) is 23.9 Å². The van der Waals surface area contributed by atoms with Gasteiger partial charge in [-0.2, -0.15) is 18.2 Å². The molecule has 0 saturated carbocycles. The summed E-state index contributed by atoms with van der Waals surface area (Å²) in [6, 6.07) is 4.03. The zero-order valence-electron chi connectivity index (χ0n) is 17.5. The Labute approximate surface area is 200 Å². The van der Waals surface area contributed by atoms with Crippen molar-refractivity contribution in [3.8, 4) is 28.7 Å². The van der Waals surface area contributed by atoms with Crippen molar-refractivity contribution in [2.24, 2.45) is 5.92 Å². The normalized spacial score (nSPS) is 12.1. The lowest BCUT2D eigenvalue weighted by molar-refractivity contribution is -0.137. The maximum absolute atomic E-state index is 13.1. The molecule has 0 bridgehead atoms. The van der Waals surface area contributed by atoms with Crippen molar-refractivity contribution in [3.63, 3.8) is 0 Å². The highest BCUT2D eigenvalue weighted by Gasteiger charge is 2.32. The number of aliphatic hydroxyl groups is 2. The minimum Gasteiger partial charge on any atom is -0.492 e. The zero-order chi connectivity index (χ0) is 24.6. The molecular formula is C21H17Cl2F3N4O4. The number of benzene rings is 1. The average Bonchev–Trinajstić information content (AvgIpc) is 3.43. The number of halogens is 5. The Bertz CT molecular complexity index is 1340. The lowest BCUT2D eigenvalue weighted by atomic mass is 10.1. The fourth-order valence-corrected chi connectivity index (χ4v) is 3.60. The van der Waals surface area contributed by atoms with E-state index in [0.717, 1.165) is 16.7 Å². The van der Waals surface area contributed by atoms with Gasteiger partial charge in [0.05, 0.1) is 35.4 Å². The molecule has 2 N–H and O–H groups in total. The van der Waals surface area contributed by atoms with E-state index in [0.29, 0.717) is 16.9 Å². The van der Waals surface area contributed by atoms with Crippen LogP contribution < -0.4 is 4.74 Å². The first-order valence-electron chi connectivity index (χ1n) is 9.85. The predicted octanol–water partition coefficient (Wildman–Crippen LogP) is 4.66. The molecule has 180 valence electrons. The number of hydrogen-bond acceptors (Lipinski definition) is 7. The van der Waals surface area contributed by atoms with Crippen LogP contribution in [0, 0.1) is 12.8 Å². The number of ether oxygens (including phenoxy) is 1. The van der Waals surface area contributed by atoms with E-state index in [4.69, 9.17) is 42.7 Å². The monoisotopic (exact) mass is 516 g/mol. The molecule has 4 rings (SSSR count). The first-order chi connectivity index (χ1) is 16.1. The molecule has 0 aliphatic rings. The Hall–Kier alpha value is -2.86. The van der Waals surface area contributed by atoms with E-state index >= 15 is 0 Å². The highest BCUT2D eigenvalue weighted by Crippen LogP contribution is 2.35. The van der Waals surface area contributed by atoms with Crippen LogP contribution >= 0.6 is 23.2 Å². The number of nitrogens with zero attached hydrogens (tertiary/aromatic N) is 4. The van der Waals surface area contributed by atoms with Crippen LogP contribution in [-0.4, -0.2) is 49.6 Å². The van der Waals surface area contributed by atoms with E-state index in [1.54, 1.807) is 19.1 Å². The summed E-state index contributed by atoms with van der Waals surface area (Å²) in [4.78, 5) is 8.50.